The van der Waals surface area contributed by atoms with Gasteiger partial charge >= 0.3 is 5.97 Å². The first-order valence-electron chi connectivity index (χ1n) is 7.01. The molecule has 124 valence electrons. The fourth-order valence-electron chi connectivity index (χ4n) is 3.23. The summed E-state index contributed by atoms with van der Waals surface area (Å²) >= 11 is 6.24. The van der Waals surface area contributed by atoms with Gasteiger partial charge in [0.2, 0.25) is 0 Å². The maximum Gasteiger partial charge on any atom is 0.368 e. The lowest BCUT2D eigenvalue weighted by Crippen LogP contribution is -2.36. The van der Waals surface area contributed by atoms with E-state index in [1.165, 1.54) is 12.1 Å². The highest BCUT2D eigenvalue weighted by Crippen LogP contribution is 2.45. The molecule has 4 rings (SSSR count). The first kappa shape index (κ1) is 15.8. The number of ether oxygens (including phenoxy) is 1. The molecule has 3 aliphatic rings. The monoisotopic (exact) mass is 457 g/mol. The van der Waals surface area contributed by atoms with Gasteiger partial charge in [-0.3, -0.25) is 9.59 Å². The van der Waals surface area contributed by atoms with Crippen LogP contribution in [0.4, 0.5) is 0 Å². The number of amides is 2. The number of carbonyl (C=O) groups excluding carboxylic acids is 3. The maximum absolute atomic E-state index is 12.4. The Bertz CT molecular complexity index is 792. The molecule has 1 aromatic rings. The van der Waals surface area contributed by atoms with Crippen molar-refractivity contribution in [1.29, 1.82) is 0 Å². The van der Waals surface area contributed by atoms with Crippen molar-refractivity contribution in [1.82, 2.24) is 5.06 Å². The number of hydrogen-bond donors (Lipinski definition) is 1. The van der Waals surface area contributed by atoms with Crippen molar-refractivity contribution >= 4 is 49.6 Å². The van der Waals surface area contributed by atoms with Crippen molar-refractivity contribution in [3.8, 4) is 5.75 Å². The van der Waals surface area contributed by atoms with Crippen LogP contribution < -0.4 is 0 Å². The van der Waals surface area contributed by atoms with Crippen molar-refractivity contribution < 1.29 is 29.1 Å². The zero-order valence-electron chi connectivity index (χ0n) is 11.8. The number of aromatic hydroxyl groups is 1. The van der Waals surface area contributed by atoms with Crippen LogP contribution in [0.1, 0.15) is 10.4 Å². The predicted octanol–water partition coefficient (Wildman–Crippen LogP) is 1.93. The first-order chi connectivity index (χ1) is 11.4. The van der Waals surface area contributed by atoms with E-state index >= 15 is 0 Å². The Balaban J connectivity index is 1.61. The van der Waals surface area contributed by atoms with Crippen molar-refractivity contribution in [2.24, 2.45) is 11.8 Å². The zero-order chi connectivity index (χ0) is 17.2. The smallest absolute Gasteiger partial charge is 0.368 e. The van der Waals surface area contributed by atoms with Crippen LogP contribution in [-0.2, 0) is 19.2 Å². The number of imide groups is 1. The molecule has 2 bridgehead atoms. The number of hydrogen-bond acceptors (Lipinski definition) is 6. The molecule has 7 nitrogen and oxygen atoms in total. The van der Waals surface area contributed by atoms with E-state index in [0.717, 1.165) is 0 Å². The average Bonchev–Trinajstić information content (AvgIpc) is 3.21. The highest BCUT2D eigenvalue weighted by atomic mass is 79.9. The Morgan fingerprint density at radius 3 is 2.21 bits per heavy atom. The molecular formula is C15H9Br2NO6. The van der Waals surface area contributed by atoms with Crippen molar-refractivity contribution in [3.63, 3.8) is 0 Å². The highest BCUT2D eigenvalue weighted by Gasteiger charge is 2.62. The topological polar surface area (TPSA) is 93.1 Å². The summed E-state index contributed by atoms with van der Waals surface area (Å²) in [4.78, 5) is 42.2. The zero-order valence-corrected chi connectivity index (χ0v) is 15.0. The normalized spacial score (nSPS) is 30.2. The molecule has 4 atom stereocenters. The van der Waals surface area contributed by atoms with Gasteiger partial charge in [-0.2, -0.15) is 0 Å². The molecule has 3 aliphatic heterocycles. The van der Waals surface area contributed by atoms with Crippen LogP contribution in [0.5, 0.6) is 5.75 Å². The van der Waals surface area contributed by atoms with Gasteiger partial charge in [-0.1, -0.05) is 12.2 Å². The Kier molecular flexibility index (Phi) is 3.55. The molecule has 0 radical (unpaired) electrons. The average molecular weight is 459 g/mol. The second kappa shape index (κ2) is 5.40. The number of benzene rings is 1. The summed E-state index contributed by atoms with van der Waals surface area (Å²) in [6.45, 7) is 0. The van der Waals surface area contributed by atoms with Crippen molar-refractivity contribution in [3.05, 3.63) is 38.8 Å². The molecule has 9 heteroatoms. The van der Waals surface area contributed by atoms with E-state index in [1.807, 2.05) is 0 Å². The number of nitrogens with zero attached hydrogens (tertiary/aromatic N) is 1. The van der Waals surface area contributed by atoms with Crippen molar-refractivity contribution in [2.75, 3.05) is 0 Å². The Morgan fingerprint density at radius 2 is 1.62 bits per heavy atom. The van der Waals surface area contributed by atoms with E-state index in [0.29, 0.717) is 5.06 Å². The van der Waals surface area contributed by atoms with E-state index in [1.54, 1.807) is 12.2 Å². The Hall–Kier alpha value is -1.71. The molecule has 0 aliphatic carbocycles. The molecule has 4 unspecified atom stereocenters. The molecule has 2 amide bonds. The number of carbonyl (C=O) groups is 3. The lowest BCUT2D eigenvalue weighted by molar-refractivity contribution is -0.177. The SMILES string of the molecule is O=C(ON1C(=O)C2C3C=CC(O3)C2C1=O)c1c(Br)ccc(Br)c1O. The van der Waals surface area contributed by atoms with Gasteiger partial charge in [0, 0.05) is 4.47 Å². The fourth-order valence-corrected chi connectivity index (χ4v) is 4.04. The van der Waals surface area contributed by atoms with Gasteiger partial charge in [0.05, 0.1) is 28.5 Å². The third-order valence-corrected chi connectivity index (χ3v) is 5.63. The number of rotatable bonds is 2. The summed E-state index contributed by atoms with van der Waals surface area (Å²) in [6.07, 6.45) is 2.54. The van der Waals surface area contributed by atoms with Gasteiger partial charge in [0.15, 0.2) is 0 Å². The first-order valence-corrected chi connectivity index (χ1v) is 8.59. The summed E-state index contributed by atoms with van der Waals surface area (Å²) < 4.78 is 6.06. The molecule has 0 saturated carbocycles. The van der Waals surface area contributed by atoms with Gasteiger partial charge in [-0.25, -0.2) is 4.79 Å². The number of fused-ring (bicyclic) bond motifs is 5. The van der Waals surface area contributed by atoms with Crippen molar-refractivity contribution in [2.45, 2.75) is 12.2 Å². The summed E-state index contributed by atoms with van der Waals surface area (Å²) in [5.41, 5.74) is -0.181. The minimum absolute atomic E-state index is 0.181. The lowest BCUT2D eigenvalue weighted by atomic mass is 9.85. The summed E-state index contributed by atoms with van der Waals surface area (Å²) in [6, 6.07) is 3.06. The third kappa shape index (κ3) is 2.08. The second-order valence-corrected chi connectivity index (χ2v) is 7.31. The maximum atomic E-state index is 12.4. The minimum Gasteiger partial charge on any atom is -0.506 e. The van der Waals surface area contributed by atoms with Gasteiger partial charge in [-0.15, -0.1) is 5.06 Å². The Labute approximate surface area is 152 Å². The van der Waals surface area contributed by atoms with E-state index in [2.05, 4.69) is 31.9 Å². The highest BCUT2D eigenvalue weighted by molar-refractivity contribution is 9.11. The molecule has 2 saturated heterocycles. The largest absolute Gasteiger partial charge is 0.506 e. The summed E-state index contributed by atoms with van der Waals surface area (Å²) in [5, 5.41) is 10.5. The Morgan fingerprint density at radius 1 is 1.08 bits per heavy atom. The van der Waals surface area contributed by atoms with E-state index in [9.17, 15) is 19.5 Å². The van der Waals surface area contributed by atoms with Gasteiger partial charge in [-0.05, 0) is 44.0 Å². The molecular weight excluding hydrogens is 450 g/mol. The number of phenols is 1. The standard InChI is InChI=1S/C15H9Br2NO6/c16-5-1-2-6(17)12(19)9(5)15(22)24-18-13(20)10-7-3-4-8(23-7)11(10)14(18)21/h1-4,7-8,10-11,19H. The number of phenolic OH excluding ortho intramolecular Hbond substituents is 1. The molecule has 0 aromatic heterocycles. The molecule has 2 fully saturated rings. The summed E-state index contributed by atoms with van der Waals surface area (Å²) in [7, 11) is 0. The second-order valence-electron chi connectivity index (χ2n) is 5.60. The molecule has 3 heterocycles. The van der Waals surface area contributed by atoms with E-state index < -0.39 is 41.8 Å². The van der Waals surface area contributed by atoms with Gasteiger partial charge in [0.25, 0.3) is 11.8 Å². The van der Waals surface area contributed by atoms with Gasteiger partial charge < -0.3 is 14.7 Å². The molecule has 1 aromatic carbocycles. The van der Waals surface area contributed by atoms with Gasteiger partial charge in [0.1, 0.15) is 11.3 Å². The van der Waals surface area contributed by atoms with Crippen LogP contribution in [0.2, 0.25) is 0 Å². The summed E-state index contributed by atoms with van der Waals surface area (Å²) in [5.74, 6) is -3.91. The van der Waals surface area contributed by atoms with Crippen LogP contribution in [0.3, 0.4) is 0 Å². The third-order valence-electron chi connectivity index (χ3n) is 4.33. The van der Waals surface area contributed by atoms with Crippen LogP contribution in [0, 0.1) is 11.8 Å². The van der Waals surface area contributed by atoms with Crippen LogP contribution in [-0.4, -0.2) is 40.2 Å². The van der Waals surface area contributed by atoms with Crippen LogP contribution in [0.15, 0.2) is 33.2 Å². The molecule has 0 spiro atoms. The predicted molar refractivity (Wildman–Crippen MR) is 85.6 cm³/mol. The molecule has 24 heavy (non-hydrogen) atoms. The minimum atomic E-state index is -1.01. The molecule has 1 N–H and O–H groups in total. The fraction of sp³-hybridized carbons (Fsp3) is 0.267. The number of halogens is 2. The lowest BCUT2D eigenvalue weighted by Gasteiger charge is -2.17. The quantitative estimate of drug-likeness (QED) is 0.537. The van der Waals surface area contributed by atoms with Crippen LogP contribution in [0.25, 0.3) is 0 Å². The van der Waals surface area contributed by atoms with E-state index in [4.69, 9.17) is 9.57 Å². The van der Waals surface area contributed by atoms with E-state index in [-0.39, 0.29) is 20.3 Å². The number of hydroxylamine groups is 2. The van der Waals surface area contributed by atoms with Crippen LogP contribution >= 0.6 is 31.9 Å².